The maximum Gasteiger partial charge on any atom is 0.253 e. The lowest BCUT2D eigenvalue weighted by molar-refractivity contribution is 0.0708. The number of nitrogens with zero attached hydrogens (tertiary/aromatic N) is 3. The molecular formula is C21H24N4O. The third kappa shape index (κ3) is 2.99. The Morgan fingerprint density at radius 3 is 2.69 bits per heavy atom. The minimum Gasteiger partial charge on any atom is -0.337 e. The van der Waals surface area contributed by atoms with E-state index in [1.165, 1.54) is 0 Å². The topological polar surface area (TPSA) is 50.2 Å². The van der Waals surface area contributed by atoms with Crippen molar-refractivity contribution >= 4 is 16.9 Å². The van der Waals surface area contributed by atoms with Crippen LogP contribution in [0.5, 0.6) is 0 Å². The van der Waals surface area contributed by atoms with Crippen LogP contribution in [0.4, 0.5) is 0 Å². The second-order valence-electron chi connectivity index (χ2n) is 6.95. The number of nitrogens with one attached hydrogen (secondary N) is 1. The summed E-state index contributed by atoms with van der Waals surface area (Å²) in [6.07, 6.45) is 2.18. The van der Waals surface area contributed by atoms with Crippen molar-refractivity contribution in [2.45, 2.75) is 25.8 Å². The lowest BCUT2D eigenvalue weighted by atomic mass is 10.1. The molecule has 5 heteroatoms. The van der Waals surface area contributed by atoms with Gasteiger partial charge in [0.2, 0.25) is 0 Å². The lowest BCUT2D eigenvalue weighted by Crippen LogP contribution is -2.46. The zero-order valence-electron chi connectivity index (χ0n) is 15.3. The number of aryl methyl sites for hydroxylation is 1. The Morgan fingerprint density at radius 1 is 1.19 bits per heavy atom. The van der Waals surface area contributed by atoms with Crippen LogP contribution in [0.15, 0.2) is 48.5 Å². The van der Waals surface area contributed by atoms with Gasteiger partial charge < -0.3 is 10.2 Å². The Labute approximate surface area is 153 Å². The highest BCUT2D eigenvalue weighted by atomic mass is 16.2. The van der Waals surface area contributed by atoms with Gasteiger partial charge in [0.05, 0.1) is 11.0 Å². The summed E-state index contributed by atoms with van der Waals surface area (Å²) in [7, 11) is 1.90. The fourth-order valence-electron chi connectivity index (χ4n) is 3.76. The number of aromatic nitrogens is 2. The van der Waals surface area contributed by atoms with Crippen molar-refractivity contribution < 1.29 is 4.79 Å². The second kappa shape index (κ2) is 6.92. The molecule has 1 amide bonds. The molecule has 3 aromatic rings. The molecule has 1 aliphatic heterocycles. The first-order chi connectivity index (χ1) is 12.6. The molecule has 26 heavy (non-hydrogen) atoms. The fourth-order valence-corrected chi connectivity index (χ4v) is 3.76. The monoisotopic (exact) mass is 348 g/mol. The molecule has 0 aliphatic carbocycles. The van der Waals surface area contributed by atoms with E-state index in [0.29, 0.717) is 0 Å². The predicted molar refractivity (Wildman–Crippen MR) is 104 cm³/mol. The van der Waals surface area contributed by atoms with Gasteiger partial charge in [0.15, 0.2) is 0 Å². The molecule has 134 valence electrons. The van der Waals surface area contributed by atoms with Crippen molar-refractivity contribution in [3.63, 3.8) is 0 Å². The average molecular weight is 348 g/mol. The first kappa shape index (κ1) is 16.8. The number of carbonyl (C=O) groups is 1. The number of piperidine rings is 1. The molecule has 1 saturated heterocycles. The Bertz CT molecular complexity index is 923. The average Bonchev–Trinajstić information content (AvgIpc) is 3.03. The van der Waals surface area contributed by atoms with Crippen LogP contribution in [0.1, 0.15) is 29.0 Å². The molecule has 1 N–H and O–H groups in total. The number of hydrogen-bond acceptors (Lipinski definition) is 3. The van der Waals surface area contributed by atoms with Crippen LogP contribution in [-0.2, 0) is 0 Å². The smallest absolute Gasteiger partial charge is 0.253 e. The standard InChI is InChI=1S/C21H24N4O/c1-15-23-19-7-3-4-8-20(19)25(15)17-11-9-16(10-12-17)21(26)24(2)18-6-5-13-22-14-18/h3-4,7-12,18,22H,5-6,13-14H2,1-2H3. The molecule has 0 radical (unpaired) electrons. The summed E-state index contributed by atoms with van der Waals surface area (Å²) >= 11 is 0. The van der Waals surface area contributed by atoms with E-state index in [9.17, 15) is 4.79 Å². The van der Waals surface area contributed by atoms with Crippen LogP contribution in [0.2, 0.25) is 0 Å². The van der Waals surface area contributed by atoms with Gasteiger partial charge in [-0.15, -0.1) is 0 Å². The highest BCUT2D eigenvalue weighted by Gasteiger charge is 2.22. The summed E-state index contributed by atoms with van der Waals surface area (Å²) in [5, 5.41) is 3.37. The molecule has 2 heterocycles. The van der Waals surface area contributed by atoms with Crippen molar-refractivity contribution in [3.8, 4) is 5.69 Å². The van der Waals surface area contributed by atoms with Gasteiger partial charge in [0.1, 0.15) is 5.82 Å². The zero-order valence-corrected chi connectivity index (χ0v) is 15.3. The molecule has 5 nitrogen and oxygen atoms in total. The van der Waals surface area contributed by atoms with Crippen LogP contribution in [0.25, 0.3) is 16.7 Å². The summed E-state index contributed by atoms with van der Waals surface area (Å²) in [5.74, 6) is 1.02. The molecule has 1 aliphatic rings. The molecule has 1 aromatic heterocycles. The van der Waals surface area contributed by atoms with Crippen LogP contribution in [-0.4, -0.2) is 46.5 Å². The zero-order chi connectivity index (χ0) is 18.1. The Morgan fingerprint density at radius 2 is 1.96 bits per heavy atom. The number of amides is 1. The quantitative estimate of drug-likeness (QED) is 0.791. The number of benzene rings is 2. The van der Waals surface area contributed by atoms with Gasteiger partial charge in [-0.3, -0.25) is 9.36 Å². The van der Waals surface area contributed by atoms with Gasteiger partial charge in [0, 0.05) is 30.9 Å². The number of rotatable bonds is 3. The van der Waals surface area contributed by atoms with Crippen molar-refractivity contribution in [1.82, 2.24) is 19.8 Å². The summed E-state index contributed by atoms with van der Waals surface area (Å²) in [6, 6.07) is 16.2. The van der Waals surface area contributed by atoms with Gasteiger partial charge in [-0.1, -0.05) is 12.1 Å². The molecule has 0 spiro atoms. The van der Waals surface area contributed by atoms with Gasteiger partial charge in [-0.25, -0.2) is 4.98 Å². The van der Waals surface area contributed by atoms with Gasteiger partial charge in [-0.05, 0) is 62.7 Å². The molecule has 1 fully saturated rings. The van der Waals surface area contributed by atoms with Crippen LogP contribution < -0.4 is 5.32 Å². The van der Waals surface area contributed by atoms with E-state index in [1.807, 2.05) is 61.3 Å². The summed E-state index contributed by atoms with van der Waals surface area (Å²) in [4.78, 5) is 19.3. The Kier molecular flexibility index (Phi) is 4.47. The molecule has 1 unspecified atom stereocenters. The van der Waals surface area contributed by atoms with Gasteiger partial charge >= 0.3 is 0 Å². The van der Waals surface area contributed by atoms with Crippen molar-refractivity contribution in [1.29, 1.82) is 0 Å². The predicted octanol–water partition coefficient (Wildman–Crippen LogP) is 3.16. The molecule has 1 atom stereocenters. The highest BCUT2D eigenvalue weighted by Crippen LogP contribution is 2.22. The first-order valence-electron chi connectivity index (χ1n) is 9.17. The summed E-state index contributed by atoms with van der Waals surface area (Å²) in [5.41, 5.74) is 3.81. The molecule has 4 rings (SSSR count). The van der Waals surface area contributed by atoms with E-state index < -0.39 is 0 Å². The third-order valence-corrected chi connectivity index (χ3v) is 5.24. The summed E-state index contributed by atoms with van der Waals surface area (Å²) < 4.78 is 2.12. The Balaban J connectivity index is 1.60. The lowest BCUT2D eigenvalue weighted by Gasteiger charge is -2.31. The largest absolute Gasteiger partial charge is 0.337 e. The highest BCUT2D eigenvalue weighted by molar-refractivity contribution is 5.94. The first-order valence-corrected chi connectivity index (χ1v) is 9.17. The molecular weight excluding hydrogens is 324 g/mol. The van der Waals surface area contributed by atoms with Gasteiger partial charge in [-0.2, -0.15) is 0 Å². The van der Waals surface area contributed by atoms with E-state index in [1.54, 1.807) is 0 Å². The van der Waals surface area contributed by atoms with E-state index in [2.05, 4.69) is 20.9 Å². The number of imidazole rings is 1. The van der Waals surface area contributed by atoms with E-state index in [-0.39, 0.29) is 11.9 Å². The van der Waals surface area contributed by atoms with Gasteiger partial charge in [0.25, 0.3) is 5.91 Å². The van der Waals surface area contributed by atoms with E-state index >= 15 is 0 Å². The van der Waals surface area contributed by atoms with Crippen LogP contribution >= 0.6 is 0 Å². The second-order valence-corrected chi connectivity index (χ2v) is 6.95. The van der Waals surface area contributed by atoms with Crippen LogP contribution in [0, 0.1) is 6.92 Å². The number of likely N-dealkylation sites (N-methyl/N-ethyl adjacent to an activating group) is 1. The number of fused-ring (bicyclic) bond motifs is 1. The maximum atomic E-state index is 12.8. The molecule has 0 bridgehead atoms. The number of hydrogen-bond donors (Lipinski definition) is 1. The number of carbonyl (C=O) groups excluding carboxylic acids is 1. The number of para-hydroxylation sites is 2. The minimum absolute atomic E-state index is 0.0810. The molecule has 2 aromatic carbocycles. The Hall–Kier alpha value is -2.66. The summed E-state index contributed by atoms with van der Waals surface area (Å²) in [6.45, 7) is 3.93. The van der Waals surface area contributed by atoms with Crippen molar-refractivity contribution in [3.05, 3.63) is 59.9 Å². The van der Waals surface area contributed by atoms with E-state index in [4.69, 9.17) is 0 Å². The molecule has 0 saturated carbocycles. The third-order valence-electron chi connectivity index (χ3n) is 5.24. The van der Waals surface area contributed by atoms with Crippen LogP contribution in [0.3, 0.4) is 0 Å². The van der Waals surface area contributed by atoms with Crippen molar-refractivity contribution in [2.75, 3.05) is 20.1 Å². The fraction of sp³-hybridized carbons (Fsp3) is 0.333. The maximum absolute atomic E-state index is 12.8. The SMILES string of the molecule is Cc1nc2ccccc2n1-c1ccc(C(=O)N(C)C2CCCNC2)cc1. The van der Waals surface area contributed by atoms with Crippen molar-refractivity contribution in [2.24, 2.45) is 0 Å². The van der Waals surface area contributed by atoms with E-state index in [0.717, 1.165) is 54.0 Å². The minimum atomic E-state index is 0.0810. The normalized spacial score (nSPS) is 17.4.